The summed E-state index contributed by atoms with van der Waals surface area (Å²) in [5.74, 6) is -0.475. The highest BCUT2D eigenvalue weighted by atomic mass is 35.5. The Labute approximate surface area is 168 Å². The number of halogens is 3. The molecule has 5 heteroatoms. The monoisotopic (exact) mass is 401 g/mol. The van der Waals surface area contributed by atoms with Crippen molar-refractivity contribution in [2.45, 2.75) is 13.0 Å². The van der Waals surface area contributed by atoms with Crippen LogP contribution in [0.1, 0.15) is 21.5 Å². The molecule has 0 atom stereocenters. The first-order valence-electron chi connectivity index (χ1n) is 8.56. The van der Waals surface area contributed by atoms with Crippen molar-refractivity contribution in [2.75, 3.05) is 6.54 Å². The molecule has 3 rings (SSSR count). The van der Waals surface area contributed by atoms with Crippen LogP contribution < -0.4 is 0 Å². The Morgan fingerprint density at radius 2 is 1.59 bits per heavy atom. The van der Waals surface area contributed by atoms with E-state index in [1.165, 1.54) is 6.07 Å². The highest BCUT2D eigenvalue weighted by Gasteiger charge is 2.18. The van der Waals surface area contributed by atoms with E-state index in [4.69, 9.17) is 23.2 Å². The van der Waals surface area contributed by atoms with Crippen molar-refractivity contribution in [2.24, 2.45) is 0 Å². The van der Waals surface area contributed by atoms with Gasteiger partial charge in [-0.05, 0) is 42.3 Å². The first-order chi connectivity index (χ1) is 13.0. The zero-order valence-electron chi connectivity index (χ0n) is 14.5. The molecule has 0 bridgehead atoms. The number of nitrogens with zero attached hydrogens (tertiary/aromatic N) is 1. The van der Waals surface area contributed by atoms with Gasteiger partial charge in [0.2, 0.25) is 0 Å². The van der Waals surface area contributed by atoms with Crippen molar-refractivity contribution in [3.63, 3.8) is 0 Å². The van der Waals surface area contributed by atoms with Crippen molar-refractivity contribution in [3.8, 4) is 0 Å². The van der Waals surface area contributed by atoms with Gasteiger partial charge in [0.05, 0.1) is 0 Å². The van der Waals surface area contributed by atoms with Crippen molar-refractivity contribution in [3.05, 3.63) is 105 Å². The van der Waals surface area contributed by atoms with E-state index in [9.17, 15) is 9.18 Å². The van der Waals surface area contributed by atoms with E-state index in [-0.39, 0.29) is 18.3 Å². The summed E-state index contributed by atoms with van der Waals surface area (Å²) < 4.78 is 14.1. The van der Waals surface area contributed by atoms with Gasteiger partial charge in [-0.15, -0.1) is 0 Å². The van der Waals surface area contributed by atoms with Gasteiger partial charge in [-0.25, -0.2) is 4.39 Å². The van der Waals surface area contributed by atoms with Crippen LogP contribution >= 0.6 is 23.2 Å². The van der Waals surface area contributed by atoms with Crippen LogP contribution in [0.5, 0.6) is 0 Å². The molecule has 0 saturated carbocycles. The average Bonchev–Trinajstić information content (AvgIpc) is 2.68. The number of benzene rings is 3. The Morgan fingerprint density at radius 1 is 0.889 bits per heavy atom. The maximum Gasteiger partial charge on any atom is 0.254 e. The van der Waals surface area contributed by atoms with Gasteiger partial charge in [0.1, 0.15) is 5.82 Å². The van der Waals surface area contributed by atoms with E-state index in [1.807, 2.05) is 24.3 Å². The fraction of sp³-hybridized carbons (Fsp3) is 0.136. The second kappa shape index (κ2) is 9.03. The van der Waals surface area contributed by atoms with Crippen LogP contribution in [0.15, 0.2) is 72.8 Å². The number of carbonyl (C=O) groups excluding carboxylic acids is 1. The van der Waals surface area contributed by atoms with Crippen LogP contribution in [0.4, 0.5) is 4.39 Å². The molecule has 0 aliphatic rings. The van der Waals surface area contributed by atoms with Crippen LogP contribution in [0.3, 0.4) is 0 Å². The third-order valence-corrected chi connectivity index (χ3v) is 4.88. The fourth-order valence-electron chi connectivity index (χ4n) is 2.83. The van der Waals surface area contributed by atoms with Crippen LogP contribution in [0.2, 0.25) is 10.0 Å². The fourth-order valence-corrected chi connectivity index (χ4v) is 3.33. The second-order valence-corrected chi connectivity index (χ2v) is 7.01. The molecule has 0 saturated heterocycles. The van der Waals surface area contributed by atoms with Gasteiger partial charge in [0, 0.05) is 34.3 Å². The third-order valence-electron chi connectivity index (χ3n) is 4.29. The van der Waals surface area contributed by atoms with Crippen molar-refractivity contribution in [1.29, 1.82) is 0 Å². The number of hydrogen-bond donors (Lipinski definition) is 0. The minimum atomic E-state index is -0.326. The Hall–Kier alpha value is -2.36. The summed E-state index contributed by atoms with van der Waals surface area (Å²) >= 11 is 12.2. The quantitative estimate of drug-likeness (QED) is 0.494. The first kappa shape index (κ1) is 19.4. The van der Waals surface area contributed by atoms with E-state index < -0.39 is 0 Å². The van der Waals surface area contributed by atoms with Crippen LogP contribution in [-0.4, -0.2) is 17.4 Å². The summed E-state index contributed by atoms with van der Waals surface area (Å²) in [6, 6.07) is 20.8. The van der Waals surface area contributed by atoms with Gasteiger partial charge in [0.25, 0.3) is 5.91 Å². The van der Waals surface area contributed by atoms with Crippen LogP contribution in [0.25, 0.3) is 0 Å². The Bertz CT molecular complexity index is 931. The predicted octanol–water partition coefficient (Wildman–Crippen LogP) is 6.02. The smallest absolute Gasteiger partial charge is 0.254 e. The maximum atomic E-state index is 14.1. The van der Waals surface area contributed by atoms with E-state index >= 15 is 0 Å². The van der Waals surface area contributed by atoms with Crippen molar-refractivity contribution in [1.82, 2.24) is 4.90 Å². The molecule has 138 valence electrons. The molecule has 0 aromatic heterocycles. The van der Waals surface area contributed by atoms with Gasteiger partial charge in [0.15, 0.2) is 0 Å². The van der Waals surface area contributed by atoms with Crippen molar-refractivity contribution < 1.29 is 9.18 Å². The van der Waals surface area contributed by atoms with Gasteiger partial charge in [-0.1, -0.05) is 65.7 Å². The first-order valence-corrected chi connectivity index (χ1v) is 9.32. The second-order valence-electron chi connectivity index (χ2n) is 6.17. The minimum Gasteiger partial charge on any atom is -0.334 e. The lowest BCUT2D eigenvalue weighted by Gasteiger charge is -2.23. The molecule has 0 fully saturated rings. The summed E-state index contributed by atoms with van der Waals surface area (Å²) in [4.78, 5) is 14.6. The van der Waals surface area contributed by atoms with Gasteiger partial charge in [-0.2, -0.15) is 0 Å². The Morgan fingerprint density at radius 3 is 2.30 bits per heavy atom. The standard InChI is InChI=1S/C22H18Cl2FNO/c23-19-11-10-16(20(24)14-19)12-13-26(15-18-8-4-5-9-21(18)25)22(27)17-6-2-1-3-7-17/h1-11,14H,12-13,15H2. The molecule has 3 aromatic carbocycles. The molecule has 0 aliphatic carbocycles. The van der Waals surface area contributed by atoms with Crippen molar-refractivity contribution >= 4 is 29.1 Å². The highest BCUT2D eigenvalue weighted by Crippen LogP contribution is 2.22. The summed E-state index contributed by atoms with van der Waals surface area (Å²) in [5, 5.41) is 1.12. The summed E-state index contributed by atoms with van der Waals surface area (Å²) in [6.45, 7) is 0.592. The Kier molecular flexibility index (Phi) is 6.49. The number of rotatable bonds is 6. The molecule has 0 heterocycles. The summed E-state index contributed by atoms with van der Waals surface area (Å²) in [7, 11) is 0. The lowest BCUT2D eigenvalue weighted by molar-refractivity contribution is 0.0743. The lowest BCUT2D eigenvalue weighted by Crippen LogP contribution is -2.32. The molecular weight excluding hydrogens is 384 g/mol. The molecule has 3 aromatic rings. The molecule has 0 N–H and O–H groups in total. The Balaban J connectivity index is 1.82. The number of amides is 1. The summed E-state index contributed by atoms with van der Waals surface area (Å²) in [5.41, 5.74) is 1.93. The van der Waals surface area contributed by atoms with Gasteiger partial charge < -0.3 is 4.90 Å². The van der Waals surface area contributed by atoms with E-state index in [0.29, 0.717) is 34.1 Å². The normalized spacial score (nSPS) is 10.6. The SMILES string of the molecule is O=C(c1ccccc1)N(CCc1ccc(Cl)cc1Cl)Cc1ccccc1F. The maximum absolute atomic E-state index is 14.1. The molecular formula is C22H18Cl2FNO. The molecule has 2 nitrogen and oxygen atoms in total. The largest absolute Gasteiger partial charge is 0.334 e. The molecule has 0 aliphatic heterocycles. The zero-order valence-corrected chi connectivity index (χ0v) is 16.1. The van der Waals surface area contributed by atoms with Crippen LogP contribution in [-0.2, 0) is 13.0 Å². The minimum absolute atomic E-state index is 0.149. The zero-order chi connectivity index (χ0) is 19.2. The van der Waals surface area contributed by atoms with E-state index in [0.717, 1.165) is 5.56 Å². The lowest BCUT2D eigenvalue weighted by atomic mass is 10.1. The predicted molar refractivity (Wildman–Crippen MR) is 108 cm³/mol. The molecule has 0 spiro atoms. The molecule has 0 radical (unpaired) electrons. The van der Waals surface area contributed by atoms with E-state index in [2.05, 4.69) is 0 Å². The van der Waals surface area contributed by atoms with Gasteiger partial charge >= 0.3 is 0 Å². The molecule has 0 unspecified atom stereocenters. The molecule has 1 amide bonds. The molecule has 27 heavy (non-hydrogen) atoms. The van der Waals surface area contributed by atoms with Crippen LogP contribution in [0, 0.1) is 5.82 Å². The number of hydrogen-bond acceptors (Lipinski definition) is 1. The number of carbonyl (C=O) groups is 1. The summed E-state index contributed by atoms with van der Waals surface area (Å²) in [6.07, 6.45) is 0.545. The average molecular weight is 402 g/mol. The topological polar surface area (TPSA) is 20.3 Å². The van der Waals surface area contributed by atoms with Gasteiger partial charge in [-0.3, -0.25) is 4.79 Å². The third kappa shape index (κ3) is 5.09. The van der Waals surface area contributed by atoms with E-state index in [1.54, 1.807) is 47.4 Å². The highest BCUT2D eigenvalue weighted by molar-refractivity contribution is 6.35.